The third kappa shape index (κ3) is 4.61. The second kappa shape index (κ2) is 6.99. The number of nitro groups is 1. The molecule has 0 aliphatic heterocycles. The molecule has 0 aromatic carbocycles. The van der Waals surface area contributed by atoms with E-state index >= 15 is 0 Å². The standard InChI is InChI=1S/C12H21N5O3/c1-5-13-11-14-7-9(17(18)19)10(16-11)15-8-12(3,4)20-6-2/h7H,5-6,8H2,1-4H3,(H2,13,14,15,16). The van der Waals surface area contributed by atoms with Gasteiger partial charge >= 0.3 is 5.69 Å². The number of rotatable bonds is 8. The fourth-order valence-corrected chi connectivity index (χ4v) is 1.62. The van der Waals surface area contributed by atoms with Crippen LogP contribution in [0.1, 0.15) is 27.7 Å². The summed E-state index contributed by atoms with van der Waals surface area (Å²) < 4.78 is 5.54. The van der Waals surface area contributed by atoms with Crippen molar-refractivity contribution in [3.8, 4) is 0 Å². The van der Waals surface area contributed by atoms with Crippen LogP contribution in [0.15, 0.2) is 6.20 Å². The van der Waals surface area contributed by atoms with Crippen molar-refractivity contribution in [2.75, 3.05) is 30.3 Å². The summed E-state index contributed by atoms with van der Waals surface area (Å²) in [6, 6.07) is 0. The van der Waals surface area contributed by atoms with Gasteiger partial charge in [-0.05, 0) is 27.7 Å². The Hall–Kier alpha value is -1.96. The van der Waals surface area contributed by atoms with E-state index in [2.05, 4.69) is 20.6 Å². The summed E-state index contributed by atoms with van der Waals surface area (Å²) in [6.45, 7) is 9.23. The smallest absolute Gasteiger partial charge is 0.329 e. The van der Waals surface area contributed by atoms with Crippen molar-refractivity contribution in [1.82, 2.24) is 9.97 Å². The summed E-state index contributed by atoms with van der Waals surface area (Å²) >= 11 is 0. The number of hydrogen-bond donors (Lipinski definition) is 2. The lowest BCUT2D eigenvalue weighted by atomic mass is 10.1. The molecule has 0 unspecified atom stereocenters. The van der Waals surface area contributed by atoms with Gasteiger partial charge in [-0.2, -0.15) is 4.98 Å². The van der Waals surface area contributed by atoms with Crippen LogP contribution in [0.25, 0.3) is 0 Å². The quantitative estimate of drug-likeness (QED) is 0.556. The van der Waals surface area contributed by atoms with Crippen LogP contribution in [0.2, 0.25) is 0 Å². The molecule has 2 N–H and O–H groups in total. The van der Waals surface area contributed by atoms with E-state index in [1.54, 1.807) is 0 Å². The largest absolute Gasteiger partial charge is 0.374 e. The average molecular weight is 283 g/mol. The van der Waals surface area contributed by atoms with Gasteiger partial charge in [-0.1, -0.05) is 0 Å². The molecule has 0 aliphatic rings. The molecule has 1 aromatic rings. The number of nitrogens with one attached hydrogen (secondary N) is 2. The molecule has 0 saturated carbocycles. The van der Waals surface area contributed by atoms with Crippen molar-refractivity contribution in [3.63, 3.8) is 0 Å². The van der Waals surface area contributed by atoms with Crippen LogP contribution in [-0.2, 0) is 4.74 Å². The fourth-order valence-electron chi connectivity index (χ4n) is 1.62. The minimum Gasteiger partial charge on any atom is -0.374 e. The Labute approximate surface area is 118 Å². The maximum absolute atomic E-state index is 11.0. The van der Waals surface area contributed by atoms with Crippen LogP contribution < -0.4 is 10.6 Å². The molecule has 1 heterocycles. The molecule has 112 valence electrons. The van der Waals surface area contributed by atoms with Crippen molar-refractivity contribution in [3.05, 3.63) is 16.3 Å². The number of nitrogens with zero attached hydrogens (tertiary/aromatic N) is 3. The Morgan fingerprint density at radius 3 is 2.65 bits per heavy atom. The first-order chi connectivity index (χ1) is 9.39. The van der Waals surface area contributed by atoms with Gasteiger partial charge in [0.15, 0.2) is 0 Å². The lowest BCUT2D eigenvalue weighted by Crippen LogP contribution is -2.33. The molecule has 0 amide bonds. The van der Waals surface area contributed by atoms with E-state index < -0.39 is 10.5 Å². The van der Waals surface area contributed by atoms with Gasteiger partial charge in [0, 0.05) is 19.7 Å². The summed E-state index contributed by atoms with van der Waals surface area (Å²) in [6.07, 6.45) is 1.20. The van der Waals surface area contributed by atoms with Gasteiger partial charge in [0.25, 0.3) is 0 Å². The Kier molecular flexibility index (Phi) is 5.63. The average Bonchev–Trinajstić information content (AvgIpc) is 2.36. The van der Waals surface area contributed by atoms with E-state index in [9.17, 15) is 10.1 Å². The highest BCUT2D eigenvalue weighted by atomic mass is 16.6. The Bertz CT molecular complexity index is 464. The van der Waals surface area contributed by atoms with Crippen molar-refractivity contribution in [2.45, 2.75) is 33.3 Å². The molecule has 0 bridgehead atoms. The van der Waals surface area contributed by atoms with Crippen LogP contribution in [-0.4, -0.2) is 40.2 Å². The van der Waals surface area contributed by atoms with Crippen LogP contribution in [0, 0.1) is 10.1 Å². The summed E-state index contributed by atoms with van der Waals surface area (Å²) in [5.41, 5.74) is -0.592. The second-order valence-corrected chi connectivity index (χ2v) is 4.76. The third-order valence-corrected chi connectivity index (χ3v) is 2.52. The SMILES string of the molecule is CCNc1ncc([N+](=O)[O-])c(NCC(C)(C)OCC)n1. The van der Waals surface area contributed by atoms with E-state index in [0.29, 0.717) is 25.6 Å². The zero-order chi connectivity index (χ0) is 15.2. The van der Waals surface area contributed by atoms with Crippen LogP contribution >= 0.6 is 0 Å². The highest BCUT2D eigenvalue weighted by Crippen LogP contribution is 2.23. The zero-order valence-corrected chi connectivity index (χ0v) is 12.3. The van der Waals surface area contributed by atoms with Crippen molar-refractivity contribution >= 4 is 17.5 Å². The molecule has 8 heteroatoms. The van der Waals surface area contributed by atoms with Crippen molar-refractivity contribution in [2.24, 2.45) is 0 Å². The molecule has 1 aromatic heterocycles. The van der Waals surface area contributed by atoms with Gasteiger partial charge in [0.2, 0.25) is 11.8 Å². The lowest BCUT2D eigenvalue weighted by molar-refractivity contribution is -0.384. The first-order valence-electron chi connectivity index (χ1n) is 6.52. The maximum Gasteiger partial charge on any atom is 0.329 e. The molecule has 1 rings (SSSR count). The monoisotopic (exact) mass is 283 g/mol. The van der Waals surface area contributed by atoms with E-state index in [-0.39, 0.29) is 11.5 Å². The highest BCUT2D eigenvalue weighted by molar-refractivity contribution is 5.57. The van der Waals surface area contributed by atoms with Gasteiger partial charge in [-0.25, -0.2) is 4.98 Å². The fraction of sp³-hybridized carbons (Fsp3) is 0.667. The Morgan fingerprint density at radius 2 is 2.10 bits per heavy atom. The summed E-state index contributed by atoms with van der Waals surface area (Å²) in [5.74, 6) is 0.545. The van der Waals surface area contributed by atoms with Crippen molar-refractivity contribution in [1.29, 1.82) is 0 Å². The Balaban J connectivity index is 2.90. The topological polar surface area (TPSA) is 102 Å². The van der Waals surface area contributed by atoms with Gasteiger partial charge in [0.05, 0.1) is 10.5 Å². The van der Waals surface area contributed by atoms with E-state index in [0.717, 1.165) is 0 Å². The van der Waals surface area contributed by atoms with Crippen LogP contribution in [0.3, 0.4) is 0 Å². The van der Waals surface area contributed by atoms with E-state index in [1.807, 2.05) is 27.7 Å². The molecule has 8 nitrogen and oxygen atoms in total. The highest BCUT2D eigenvalue weighted by Gasteiger charge is 2.22. The first kappa shape index (κ1) is 16.1. The second-order valence-electron chi connectivity index (χ2n) is 4.76. The molecular formula is C12H21N5O3. The van der Waals surface area contributed by atoms with Gasteiger partial charge < -0.3 is 15.4 Å². The summed E-state index contributed by atoms with van der Waals surface area (Å²) in [5, 5.41) is 16.9. The molecular weight excluding hydrogens is 262 g/mol. The zero-order valence-electron chi connectivity index (χ0n) is 12.3. The summed E-state index contributed by atoms with van der Waals surface area (Å²) in [7, 11) is 0. The number of ether oxygens (including phenoxy) is 1. The number of aromatic nitrogens is 2. The van der Waals surface area contributed by atoms with Gasteiger partial charge in [0.1, 0.15) is 6.20 Å². The minimum atomic E-state index is -0.508. The van der Waals surface area contributed by atoms with Crippen LogP contribution in [0.4, 0.5) is 17.5 Å². The third-order valence-electron chi connectivity index (χ3n) is 2.52. The summed E-state index contributed by atoms with van der Waals surface area (Å²) in [4.78, 5) is 18.5. The first-order valence-corrected chi connectivity index (χ1v) is 6.52. The molecule has 20 heavy (non-hydrogen) atoms. The number of anilines is 2. The maximum atomic E-state index is 11.0. The van der Waals surface area contributed by atoms with E-state index in [4.69, 9.17) is 4.74 Å². The molecule has 0 fully saturated rings. The van der Waals surface area contributed by atoms with Crippen molar-refractivity contribution < 1.29 is 9.66 Å². The molecule has 0 radical (unpaired) electrons. The normalized spacial score (nSPS) is 11.2. The minimum absolute atomic E-state index is 0.154. The Morgan fingerprint density at radius 1 is 1.40 bits per heavy atom. The number of hydrogen-bond acceptors (Lipinski definition) is 7. The van der Waals surface area contributed by atoms with Gasteiger partial charge in [-0.15, -0.1) is 0 Å². The molecule has 0 aliphatic carbocycles. The molecule has 0 saturated heterocycles. The molecule has 0 spiro atoms. The van der Waals surface area contributed by atoms with Gasteiger partial charge in [-0.3, -0.25) is 10.1 Å². The molecule has 0 atom stereocenters. The predicted octanol–water partition coefficient (Wildman–Crippen LogP) is 2.04. The predicted molar refractivity (Wildman–Crippen MR) is 77.0 cm³/mol. The van der Waals surface area contributed by atoms with E-state index in [1.165, 1.54) is 6.20 Å². The van der Waals surface area contributed by atoms with Crippen LogP contribution in [0.5, 0.6) is 0 Å². The lowest BCUT2D eigenvalue weighted by Gasteiger charge is -2.25.